The van der Waals surface area contributed by atoms with Crippen LogP contribution in [0.25, 0.3) is 10.2 Å². The molecule has 0 fully saturated rings. The van der Waals surface area contributed by atoms with Crippen LogP contribution >= 0.6 is 23.1 Å². The van der Waals surface area contributed by atoms with E-state index in [1.807, 2.05) is 54.8 Å². The molecule has 5 nitrogen and oxygen atoms in total. The Bertz CT molecular complexity index is 1020. The van der Waals surface area contributed by atoms with Gasteiger partial charge in [-0.15, -0.1) is 11.8 Å². The summed E-state index contributed by atoms with van der Waals surface area (Å²) in [7, 11) is 0. The minimum absolute atomic E-state index is 0.0341. The van der Waals surface area contributed by atoms with Gasteiger partial charge < -0.3 is 9.30 Å². The van der Waals surface area contributed by atoms with Crippen LogP contribution in [0, 0.1) is 0 Å². The topological polar surface area (TPSA) is 60.7 Å². The Morgan fingerprint density at radius 3 is 2.59 bits per heavy atom. The molecule has 0 N–H and O–H groups in total. The van der Waals surface area contributed by atoms with Crippen LogP contribution in [0.2, 0.25) is 0 Å². The van der Waals surface area contributed by atoms with Gasteiger partial charge in [-0.25, -0.2) is 0 Å². The lowest BCUT2D eigenvalue weighted by molar-refractivity contribution is -0.143. The van der Waals surface area contributed by atoms with E-state index >= 15 is 0 Å². The van der Waals surface area contributed by atoms with E-state index in [0.717, 1.165) is 20.7 Å². The van der Waals surface area contributed by atoms with Gasteiger partial charge in [0.25, 0.3) is 5.91 Å². The Morgan fingerprint density at radius 1 is 1.15 bits per heavy atom. The van der Waals surface area contributed by atoms with Crippen molar-refractivity contribution in [2.75, 3.05) is 12.9 Å². The standard InChI is InChI=1S/C20H20N2O3S2/c1-3-25-19(24)13-22-16-6-4-5-7-17(16)27-20(22)21-18(23)12-14-8-10-15(26-2)11-9-14/h4-11H,3,12-13H2,1-2H3. The monoisotopic (exact) mass is 400 g/mol. The minimum Gasteiger partial charge on any atom is -0.465 e. The van der Waals surface area contributed by atoms with Crippen LogP contribution in [-0.4, -0.2) is 29.3 Å². The Hall–Kier alpha value is -2.38. The maximum atomic E-state index is 12.5. The number of rotatable bonds is 6. The number of hydrogen-bond acceptors (Lipinski definition) is 5. The van der Waals surface area contributed by atoms with Gasteiger partial charge in [-0.2, -0.15) is 4.99 Å². The van der Waals surface area contributed by atoms with Gasteiger partial charge in [0.15, 0.2) is 4.80 Å². The molecule has 0 saturated heterocycles. The zero-order valence-corrected chi connectivity index (χ0v) is 16.8. The number of carbonyl (C=O) groups is 2. The lowest BCUT2D eigenvalue weighted by Crippen LogP contribution is -2.23. The lowest BCUT2D eigenvalue weighted by Gasteiger charge is -2.05. The quantitative estimate of drug-likeness (QED) is 0.468. The van der Waals surface area contributed by atoms with Crippen molar-refractivity contribution >= 4 is 45.2 Å². The normalized spacial score (nSPS) is 11.7. The average molecular weight is 401 g/mol. The summed E-state index contributed by atoms with van der Waals surface area (Å²) in [6, 6.07) is 15.6. The summed E-state index contributed by atoms with van der Waals surface area (Å²) in [5, 5.41) is 0. The van der Waals surface area contributed by atoms with Crippen molar-refractivity contribution in [2.24, 2.45) is 4.99 Å². The van der Waals surface area contributed by atoms with Crippen molar-refractivity contribution in [1.29, 1.82) is 0 Å². The SMILES string of the molecule is CCOC(=O)Cn1c(=NC(=O)Cc2ccc(SC)cc2)sc2ccccc21. The molecule has 7 heteroatoms. The van der Waals surface area contributed by atoms with E-state index in [1.54, 1.807) is 23.3 Å². The first kappa shape index (κ1) is 19.4. The van der Waals surface area contributed by atoms with E-state index in [9.17, 15) is 9.59 Å². The molecule has 0 aliphatic carbocycles. The number of thioether (sulfide) groups is 1. The molecule has 27 heavy (non-hydrogen) atoms. The Balaban J connectivity index is 1.91. The molecule has 1 aromatic heterocycles. The first-order valence-corrected chi connectivity index (χ1v) is 10.6. The van der Waals surface area contributed by atoms with Crippen LogP contribution in [0.15, 0.2) is 58.4 Å². The van der Waals surface area contributed by atoms with Gasteiger partial charge in [-0.05, 0) is 43.0 Å². The predicted octanol–water partition coefficient (Wildman–Crippen LogP) is 3.66. The van der Waals surface area contributed by atoms with Gasteiger partial charge in [0, 0.05) is 4.90 Å². The average Bonchev–Trinajstić information content (AvgIpc) is 2.99. The zero-order valence-electron chi connectivity index (χ0n) is 15.2. The molecule has 0 aliphatic heterocycles. The maximum absolute atomic E-state index is 12.5. The maximum Gasteiger partial charge on any atom is 0.326 e. The van der Waals surface area contributed by atoms with Gasteiger partial charge in [0.1, 0.15) is 6.54 Å². The second-order valence-corrected chi connectivity index (χ2v) is 7.66. The summed E-state index contributed by atoms with van der Waals surface area (Å²) in [6.07, 6.45) is 2.24. The fourth-order valence-electron chi connectivity index (χ4n) is 2.66. The molecule has 0 saturated carbocycles. The van der Waals surface area contributed by atoms with Crippen LogP contribution in [-0.2, 0) is 27.3 Å². The Kier molecular flexibility index (Phi) is 6.47. The molecule has 3 aromatic rings. The highest BCUT2D eigenvalue weighted by atomic mass is 32.2. The van der Waals surface area contributed by atoms with Crippen molar-refractivity contribution in [3.8, 4) is 0 Å². The third-order valence-electron chi connectivity index (χ3n) is 3.92. The summed E-state index contributed by atoms with van der Waals surface area (Å²) < 4.78 is 7.77. The predicted molar refractivity (Wildman–Crippen MR) is 109 cm³/mol. The molecule has 0 radical (unpaired) electrons. The second kappa shape index (κ2) is 9.01. The molecule has 1 amide bonds. The molecule has 0 aliphatic rings. The summed E-state index contributed by atoms with van der Waals surface area (Å²) in [5.74, 6) is -0.585. The van der Waals surface area contributed by atoms with E-state index in [1.165, 1.54) is 11.3 Å². The van der Waals surface area contributed by atoms with Crippen molar-refractivity contribution in [2.45, 2.75) is 24.8 Å². The first-order valence-electron chi connectivity index (χ1n) is 8.55. The van der Waals surface area contributed by atoms with Gasteiger partial charge in [0.05, 0.1) is 23.2 Å². The summed E-state index contributed by atoms with van der Waals surface area (Å²) in [5.41, 5.74) is 1.78. The van der Waals surface area contributed by atoms with Crippen LogP contribution in [0.1, 0.15) is 12.5 Å². The van der Waals surface area contributed by atoms with Crippen LogP contribution in [0.5, 0.6) is 0 Å². The van der Waals surface area contributed by atoms with Gasteiger partial charge >= 0.3 is 5.97 Å². The number of hydrogen-bond donors (Lipinski definition) is 0. The number of benzene rings is 2. The molecule has 1 heterocycles. The van der Waals surface area contributed by atoms with E-state index in [4.69, 9.17) is 4.74 Å². The molecule has 2 aromatic carbocycles. The number of thiazole rings is 1. The highest BCUT2D eigenvalue weighted by molar-refractivity contribution is 7.98. The summed E-state index contributed by atoms with van der Waals surface area (Å²) in [6.45, 7) is 2.12. The van der Waals surface area contributed by atoms with Crippen LogP contribution < -0.4 is 4.80 Å². The van der Waals surface area contributed by atoms with E-state index in [2.05, 4.69) is 4.99 Å². The molecule has 140 valence electrons. The van der Waals surface area contributed by atoms with E-state index in [-0.39, 0.29) is 24.8 Å². The summed E-state index contributed by atoms with van der Waals surface area (Å²) >= 11 is 3.05. The number of amides is 1. The number of esters is 1. The summed E-state index contributed by atoms with van der Waals surface area (Å²) in [4.78, 5) is 30.4. The number of nitrogens with zero attached hydrogens (tertiary/aromatic N) is 2. The van der Waals surface area contributed by atoms with Crippen molar-refractivity contribution < 1.29 is 14.3 Å². The van der Waals surface area contributed by atoms with E-state index in [0.29, 0.717) is 11.4 Å². The van der Waals surface area contributed by atoms with E-state index < -0.39 is 0 Å². The number of aromatic nitrogens is 1. The largest absolute Gasteiger partial charge is 0.465 e. The van der Waals surface area contributed by atoms with Gasteiger partial charge in [-0.3, -0.25) is 9.59 Å². The van der Waals surface area contributed by atoms with Crippen molar-refractivity contribution in [3.63, 3.8) is 0 Å². The Labute approximate surface area is 165 Å². The second-order valence-electron chi connectivity index (χ2n) is 5.77. The van der Waals surface area contributed by atoms with Crippen molar-refractivity contribution in [3.05, 3.63) is 58.9 Å². The first-order chi connectivity index (χ1) is 13.1. The van der Waals surface area contributed by atoms with Gasteiger partial charge in [-0.1, -0.05) is 35.6 Å². The number of para-hydroxylation sites is 1. The number of fused-ring (bicyclic) bond motifs is 1. The Morgan fingerprint density at radius 2 is 1.89 bits per heavy atom. The smallest absolute Gasteiger partial charge is 0.326 e. The molecular weight excluding hydrogens is 380 g/mol. The molecule has 0 unspecified atom stereocenters. The van der Waals surface area contributed by atoms with Gasteiger partial charge in [0.2, 0.25) is 0 Å². The van der Waals surface area contributed by atoms with Crippen LogP contribution in [0.3, 0.4) is 0 Å². The number of carbonyl (C=O) groups excluding carboxylic acids is 2. The zero-order chi connectivity index (χ0) is 19.2. The van der Waals surface area contributed by atoms with Crippen LogP contribution in [0.4, 0.5) is 0 Å². The molecule has 3 rings (SSSR count). The molecule has 0 spiro atoms. The number of ether oxygens (including phenoxy) is 1. The fraction of sp³-hybridized carbons (Fsp3) is 0.250. The lowest BCUT2D eigenvalue weighted by atomic mass is 10.1. The van der Waals surface area contributed by atoms with Crippen molar-refractivity contribution in [1.82, 2.24) is 4.57 Å². The minimum atomic E-state index is -0.345. The third-order valence-corrected chi connectivity index (χ3v) is 5.72. The third kappa shape index (κ3) is 4.87. The molecule has 0 bridgehead atoms. The molecule has 0 atom stereocenters. The molecular formula is C20H20N2O3S2. The fourth-order valence-corrected chi connectivity index (χ4v) is 4.11. The highest BCUT2D eigenvalue weighted by Gasteiger charge is 2.12. The highest BCUT2D eigenvalue weighted by Crippen LogP contribution is 2.17.